The molecule has 1 fully saturated rings. The van der Waals surface area contributed by atoms with E-state index >= 15 is 0 Å². The first kappa shape index (κ1) is 16.7. The molecule has 4 nitrogen and oxygen atoms in total. The fraction of sp³-hybridized carbons (Fsp3) is 0.316. The topological polar surface area (TPSA) is 63.2 Å². The Labute approximate surface area is 142 Å². The van der Waals surface area contributed by atoms with Crippen molar-refractivity contribution in [1.82, 2.24) is 5.32 Å². The molecular weight excluding hydrogens is 322 g/mol. The van der Waals surface area contributed by atoms with Crippen LogP contribution in [0.1, 0.15) is 31.2 Å². The van der Waals surface area contributed by atoms with E-state index in [-0.39, 0.29) is 10.8 Å². The largest absolute Gasteiger partial charge is 0.351 e. The summed E-state index contributed by atoms with van der Waals surface area (Å²) < 4.78 is 25.0. The average Bonchev–Trinajstić information content (AvgIpc) is 3.13. The van der Waals surface area contributed by atoms with Gasteiger partial charge in [-0.05, 0) is 30.5 Å². The van der Waals surface area contributed by atoms with Gasteiger partial charge in [-0.2, -0.15) is 0 Å². The van der Waals surface area contributed by atoms with Crippen molar-refractivity contribution < 1.29 is 13.2 Å². The summed E-state index contributed by atoms with van der Waals surface area (Å²) in [6, 6.07) is 17.8. The van der Waals surface area contributed by atoms with E-state index < -0.39 is 14.6 Å². The Kier molecular flexibility index (Phi) is 4.71. The van der Waals surface area contributed by atoms with Crippen LogP contribution in [0.4, 0.5) is 0 Å². The van der Waals surface area contributed by atoms with Gasteiger partial charge >= 0.3 is 0 Å². The van der Waals surface area contributed by atoms with Gasteiger partial charge in [0, 0.05) is 6.54 Å². The minimum Gasteiger partial charge on any atom is -0.351 e. The van der Waals surface area contributed by atoms with Gasteiger partial charge in [-0.1, -0.05) is 61.4 Å². The second kappa shape index (κ2) is 6.77. The van der Waals surface area contributed by atoms with Gasteiger partial charge in [0.25, 0.3) is 0 Å². The molecule has 5 heteroatoms. The summed E-state index contributed by atoms with van der Waals surface area (Å²) in [6.07, 6.45) is 2.27. The molecule has 0 heterocycles. The van der Waals surface area contributed by atoms with Crippen LogP contribution in [0.15, 0.2) is 65.6 Å². The van der Waals surface area contributed by atoms with Crippen LogP contribution in [0.25, 0.3) is 0 Å². The van der Waals surface area contributed by atoms with Crippen LogP contribution in [0.5, 0.6) is 0 Å². The highest BCUT2D eigenvalue weighted by Crippen LogP contribution is 2.40. The molecule has 0 aromatic heterocycles. The lowest BCUT2D eigenvalue weighted by molar-refractivity contribution is -0.123. The lowest BCUT2D eigenvalue weighted by Crippen LogP contribution is -2.50. The Morgan fingerprint density at radius 3 is 2.04 bits per heavy atom. The molecule has 1 N–H and O–H groups in total. The van der Waals surface area contributed by atoms with Gasteiger partial charge in [-0.25, -0.2) is 8.42 Å². The molecule has 1 saturated carbocycles. The number of carbonyl (C=O) groups excluding carboxylic acids is 1. The van der Waals surface area contributed by atoms with Gasteiger partial charge in [0.2, 0.25) is 5.91 Å². The first-order chi connectivity index (χ1) is 11.6. The summed E-state index contributed by atoms with van der Waals surface area (Å²) in [5, 5.41) is 2.84. The number of nitrogens with one attached hydrogen (secondary N) is 1. The van der Waals surface area contributed by atoms with Gasteiger partial charge in [0.1, 0.15) is 0 Å². The summed E-state index contributed by atoms with van der Waals surface area (Å²) in [7, 11) is -3.72. The second-order valence-corrected chi connectivity index (χ2v) is 8.45. The number of carbonyl (C=O) groups is 1. The van der Waals surface area contributed by atoms with Crippen molar-refractivity contribution in [2.75, 3.05) is 0 Å². The van der Waals surface area contributed by atoms with Gasteiger partial charge in [-0.3, -0.25) is 4.79 Å². The predicted octanol–water partition coefficient (Wildman–Crippen LogP) is 3.09. The Bertz CT molecular complexity index is 795. The highest BCUT2D eigenvalue weighted by atomic mass is 32.2. The van der Waals surface area contributed by atoms with E-state index in [1.165, 1.54) is 0 Å². The second-order valence-electron chi connectivity index (χ2n) is 6.19. The van der Waals surface area contributed by atoms with E-state index in [0.29, 0.717) is 19.4 Å². The molecule has 1 aliphatic carbocycles. The van der Waals surface area contributed by atoms with Gasteiger partial charge < -0.3 is 5.32 Å². The standard InChI is InChI=1S/C19H21NO3S/c21-18(20-15-16-9-3-1-4-10-16)19(13-7-8-14-19)24(22,23)17-11-5-2-6-12-17/h1-6,9-12H,7-8,13-15H2,(H,20,21). The van der Waals surface area contributed by atoms with E-state index in [1.54, 1.807) is 30.3 Å². The zero-order chi connectivity index (χ0) is 17.0. The smallest absolute Gasteiger partial charge is 0.242 e. The molecular formula is C19H21NO3S. The molecule has 0 radical (unpaired) electrons. The summed E-state index contributed by atoms with van der Waals surface area (Å²) in [4.78, 5) is 13.1. The maximum atomic E-state index is 13.1. The number of rotatable bonds is 5. The number of amides is 1. The van der Waals surface area contributed by atoms with Crippen LogP contribution in [0.3, 0.4) is 0 Å². The quantitative estimate of drug-likeness (QED) is 0.907. The molecule has 0 unspecified atom stereocenters. The summed E-state index contributed by atoms with van der Waals surface area (Å²) in [5.74, 6) is -0.382. The highest BCUT2D eigenvalue weighted by Gasteiger charge is 2.52. The van der Waals surface area contributed by atoms with E-state index in [4.69, 9.17) is 0 Å². The number of benzene rings is 2. The molecule has 126 valence electrons. The van der Waals surface area contributed by atoms with Crippen molar-refractivity contribution >= 4 is 15.7 Å². The van der Waals surface area contributed by atoms with Crippen molar-refractivity contribution in [1.29, 1.82) is 0 Å². The summed E-state index contributed by atoms with van der Waals surface area (Å²) in [6.45, 7) is 0.339. The Morgan fingerprint density at radius 2 is 1.46 bits per heavy atom. The first-order valence-corrected chi connectivity index (χ1v) is 9.66. The zero-order valence-corrected chi connectivity index (χ0v) is 14.3. The van der Waals surface area contributed by atoms with E-state index in [1.807, 2.05) is 30.3 Å². The van der Waals surface area contributed by atoms with Crippen LogP contribution < -0.4 is 5.32 Å². The molecule has 0 aliphatic heterocycles. The fourth-order valence-corrected chi connectivity index (χ4v) is 5.44. The van der Waals surface area contributed by atoms with Crippen LogP contribution in [0.2, 0.25) is 0 Å². The molecule has 3 rings (SSSR count). The summed E-state index contributed by atoms with van der Waals surface area (Å²) in [5.41, 5.74) is 0.955. The SMILES string of the molecule is O=C(NCc1ccccc1)C1(S(=O)(=O)c2ccccc2)CCCC1. The van der Waals surface area contributed by atoms with E-state index in [2.05, 4.69) is 5.32 Å². The Hall–Kier alpha value is -2.14. The normalized spacial score (nSPS) is 16.7. The third kappa shape index (κ3) is 2.96. The third-order valence-corrected chi connectivity index (χ3v) is 7.20. The molecule has 0 atom stereocenters. The van der Waals surface area contributed by atoms with Gasteiger partial charge in [0.15, 0.2) is 14.6 Å². The van der Waals surface area contributed by atoms with Crippen LogP contribution in [-0.4, -0.2) is 19.1 Å². The van der Waals surface area contributed by atoms with Crippen molar-refractivity contribution in [3.05, 3.63) is 66.2 Å². The minimum absolute atomic E-state index is 0.224. The molecule has 1 aliphatic rings. The van der Waals surface area contributed by atoms with Crippen molar-refractivity contribution in [2.45, 2.75) is 41.9 Å². The molecule has 1 amide bonds. The molecule has 2 aromatic carbocycles. The Balaban J connectivity index is 1.87. The molecule has 2 aromatic rings. The third-order valence-electron chi connectivity index (χ3n) is 4.69. The molecule has 0 saturated heterocycles. The van der Waals surface area contributed by atoms with E-state index in [9.17, 15) is 13.2 Å². The Morgan fingerprint density at radius 1 is 0.917 bits per heavy atom. The number of hydrogen-bond donors (Lipinski definition) is 1. The fourth-order valence-electron chi connectivity index (χ4n) is 3.33. The maximum absolute atomic E-state index is 13.1. The maximum Gasteiger partial charge on any atom is 0.242 e. The highest BCUT2D eigenvalue weighted by molar-refractivity contribution is 7.93. The average molecular weight is 343 g/mol. The van der Waals surface area contributed by atoms with Gasteiger partial charge in [0.05, 0.1) is 4.90 Å². The summed E-state index contributed by atoms with van der Waals surface area (Å²) >= 11 is 0. The van der Waals surface area contributed by atoms with Crippen LogP contribution in [0, 0.1) is 0 Å². The monoisotopic (exact) mass is 343 g/mol. The zero-order valence-electron chi connectivity index (χ0n) is 13.4. The minimum atomic E-state index is -3.72. The lowest BCUT2D eigenvalue weighted by atomic mass is 10.1. The van der Waals surface area contributed by atoms with Crippen molar-refractivity contribution in [3.63, 3.8) is 0 Å². The molecule has 24 heavy (non-hydrogen) atoms. The lowest BCUT2D eigenvalue weighted by Gasteiger charge is -2.27. The van der Waals surface area contributed by atoms with Crippen molar-refractivity contribution in [3.8, 4) is 0 Å². The first-order valence-electron chi connectivity index (χ1n) is 8.18. The molecule has 0 spiro atoms. The van der Waals surface area contributed by atoms with Gasteiger partial charge in [-0.15, -0.1) is 0 Å². The predicted molar refractivity (Wildman–Crippen MR) is 93.1 cm³/mol. The van der Waals surface area contributed by atoms with Crippen LogP contribution in [-0.2, 0) is 21.2 Å². The van der Waals surface area contributed by atoms with Crippen LogP contribution >= 0.6 is 0 Å². The number of hydrogen-bond acceptors (Lipinski definition) is 3. The number of sulfone groups is 1. The van der Waals surface area contributed by atoms with Crippen molar-refractivity contribution in [2.24, 2.45) is 0 Å². The van der Waals surface area contributed by atoms with E-state index in [0.717, 1.165) is 18.4 Å². The molecule has 0 bridgehead atoms.